The summed E-state index contributed by atoms with van der Waals surface area (Å²) in [5, 5.41) is 6.79. The predicted octanol–water partition coefficient (Wildman–Crippen LogP) is 3.13. The maximum absolute atomic E-state index is 4.75. The fourth-order valence-corrected chi connectivity index (χ4v) is 3.02. The lowest BCUT2D eigenvalue weighted by Crippen LogP contribution is -2.39. The molecule has 4 nitrogen and oxygen atoms in total. The van der Waals surface area contributed by atoms with Crippen molar-refractivity contribution in [2.75, 3.05) is 39.3 Å². The number of hydrogen-bond donors (Lipinski definition) is 2. The molecule has 0 radical (unpaired) electrons. The normalized spacial score (nSPS) is 16.5. The second-order valence-corrected chi connectivity index (χ2v) is 6.49. The van der Waals surface area contributed by atoms with Crippen molar-refractivity contribution < 1.29 is 0 Å². The van der Waals surface area contributed by atoms with Crippen LogP contribution in [0.15, 0.2) is 35.3 Å². The molecule has 1 fully saturated rings. The molecule has 2 rings (SSSR count). The SMILES string of the molecule is CCNC(=NCC(C)CN1CCCC1)NCCc1ccccc1.I. The summed E-state index contributed by atoms with van der Waals surface area (Å²) in [4.78, 5) is 7.32. The Morgan fingerprint density at radius 3 is 2.54 bits per heavy atom. The Labute approximate surface area is 164 Å². The smallest absolute Gasteiger partial charge is 0.191 e. The molecule has 0 spiro atoms. The fraction of sp³-hybridized carbons (Fsp3) is 0.632. The highest BCUT2D eigenvalue weighted by Gasteiger charge is 2.14. The summed E-state index contributed by atoms with van der Waals surface area (Å²) in [5.41, 5.74) is 1.36. The third-order valence-electron chi connectivity index (χ3n) is 4.22. The van der Waals surface area contributed by atoms with Crippen LogP contribution < -0.4 is 10.6 Å². The van der Waals surface area contributed by atoms with Gasteiger partial charge < -0.3 is 15.5 Å². The van der Waals surface area contributed by atoms with Crippen molar-refractivity contribution in [2.45, 2.75) is 33.1 Å². The zero-order chi connectivity index (χ0) is 16.3. The third kappa shape index (κ3) is 8.33. The van der Waals surface area contributed by atoms with E-state index in [1.807, 2.05) is 0 Å². The molecule has 5 heteroatoms. The minimum absolute atomic E-state index is 0. The average molecular weight is 444 g/mol. The van der Waals surface area contributed by atoms with Gasteiger partial charge in [0.2, 0.25) is 0 Å². The zero-order valence-corrected chi connectivity index (χ0v) is 17.5. The van der Waals surface area contributed by atoms with E-state index in [9.17, 15) is 0 Å². The van der Waals surface area contributed by atoms with Gasteiger partial charge >= 0.3 is 0 Å². The van der Waals surface area contributed by atoms with Crippen LogP contribution in [0.1, 0.15) is 32.3 Å². The molecule has 1 unspecified atom stereocenters. The van der Waals surface area contributed by atoms with Crippen LogP contribution in [0.2, 0.25) is 0 Å². The Morgan fingerprint density at radius 1 is 1.17 bits per heavy atom. The van der Waals surface area contributed by atoms with E-state index in [-0.39, 0.29) is 24.0 Å². The van der Waals surface area contributed by atoms with E-state index in [0.717, 1.165) is 32.0 Å². The summed E-state index contributed by atoms with van der Waals surface area (Å²) in [6, 6.07) is 10.6. The molecule has 1 aliphatic rings. The number of likely N-dealkylation sites (tertiary alicyclic amines) is 1. The van der Waals surface area contributed by atoms with Crippen molar-refractivity contribution in [1.29, 1.82) is 0 Å². The lowest BCUT2D eigenvalue weighted by atomic mass is 10.1. The summed E-state index contributed by atoms with van der Waals surface area (Å²) in [7, 11) is 0. The van der Waals surface area contributed by atoms with Crippen molar-refractivity contribution in [3.63, 3.8) is 0 Å². The molecule has 1 saturated heterocycles. The van der Waals surface area contributed by atoms with E-state index < -0.39 is 0 Å². The van der Waals surface area contributed by atoms with Gasteiger partial charge in [-0.25, -0.2) is 0 Å². The van der Waals surface area contributed by atoms with Gasteiger partial charge in [0.1, 0.15) is 0 Å². The molecule has 1 aromatic rings. The Kier molecular flexibility index (Phi) is 11.1. The van der Waals surface area contributed by atoms with Crippen LogP contribution in [0.25, 0.3) is 0 Å². The van der Waals surface area contributed by atoms with E-state index >= 15 is 0 Å². The molecule has 136 valence electrons. The standard InChI is InChI=1S/C19H32N4.HI/c1-3-20-19(21-12-11-18-9-5-4-6-10-18)22-15-17(2)16-23-13-7-8-14-23;/h4-6,9-10,17H,3,7-8,11-16H2,1-2H3,(H2,20,21,22);1H. The fourth-order valence-electron chi connectivity index (χ4n) is 3.02. The van der Waals surface area contributed by atoms with Gasteiger partial charge in [-0.1, -0.05) is 37.3 Å². The highest BCUT2D eigenvalue weighted by Crippen LogP contribution is 2.10. The molecule has 0 saturated carbocycles. The monoisotopic (exact) mass is 444 g/mol. The molecule has 24 heavy (non-hydrogen) atoms. The van der Waals surface area contributed by atoms with Crippen molar-refractivity contribution in [1.82, 2.24) is 15.5 Å². The predicted molar refractivity (Wildman–Crippen MR) is 114 cm³/mol. The van der Waals surface area contributed by atoms with Gasteiger partial charge in [0.15, 0.2) is 5.96 Å². The Balaban J connectivity index is 0.00000288. The summed E-state index contributed by atoms with van der Waals surface area (Å²) >= 11 is 0. The minimum Gasteiger partial charge on any atom is -0.357 e. The number of halogens is 1. The van der Waals surface area contributed by atoms with Crippen LogP contribution in [-0.2, 0) is 6.42 Å². The third-order valence-corrected chi connectivity index (χ3v) is 4.22. The number of guanidine groups is 1. The first-order chi connectivity index (χ1) is 11.3. The number of hydrogen-bond acceptors (Lipinski definition) is 2. The molecule has 1 heterocycles. The van der Waals surface area contributed by atoms with E-state index in [0.29, 0.717) is 5.92 Å². The molecule has 0 aliphatic carbocycles. The Hall–Kier alpha value is -0.820. The van der Waals surface area contributed by atoms with E-state index in [1.54, 1.807) is 0 Å². The van der Waals surface area contributed by atoms with E-state index in [4.69, 9.17) is 4.99 Å². The second kappa shape index (κ2) is 12.5. The molecule has 2 N–H and O–H groups in total. The van der Waals surface area contributed by atoms with Crippen molar-refractivity contribution in [3.05, 3.63) is 35.9 Å². The molecular weight excluding hydrogens is 411 g/mol. The van der Waals surface area contributed by atoms with Crippen LogP contribution in [0.5, 0.6) is 0 Å². The maximum atomic E-state index is 4.75. The van der Waals surface area contributed by atoms with E-state index in [1.165, 1.54) is 38.0 Å². The largest absolute Gasteiger partial charge is 0.357 e. The first-order valence-corrected chi connectivity index (χ1v) is 9.06. The zero-order valence-electron chi connectivity index (χ0n) is 15.1. The van der Waals surface area contributed by atoms with Gasteiger partial charge in [0.05, 0.1) is 0 Å². The average Bonchev–Trinajstić information content (AvgIpc) is 3.06. The lowest BCUT2D eigenvalue weighted by molar-refractivity contribution is 0.291. The number of nitrogens with one attached hydrogen (secondary N) is 2. The van der Waals surface area contributed by atoms with Crippen molar-refractivity contribution in [2.24, 2.45) is 10.9 Å². The van der Waals surface area contributed by atoms with Gasteiger partial charge in [-0.3, -0.25) is 4.99 Å². The van der Waals surface area contributed by atoms with Crippen molar-refractivity contribution >= 4 is 29.9 Å². The highest BCUT2D eigenvalue weighted by molar-refractivity contribution is 14.0. The minimum atomic E-state index is 0. The summed E-state index contributed by atoms with van der Waals surface area (Å²) in [6.45, 7) is 10.8. The van der Waals surface area contributed by atoms with Gasteiger partial charge in [-0.15, -0.1) is 24.0 Å². The first-order valence-electron chi connectivity index (χ1n) is 9.06. The molecule has 1 atom stereocenters. The summed E-state index contributed by atoms with van der Waals surface area (Å²) in [6.07, 6.45) is 3.74. The molecular formula is C19H33IN4. The van der Waals surface area contributed by atoms with Crippen LogP contribution in [0.3, 0.4) is 0 Å². The second-order valence-electron chi connectivity index (χ2n) is 6.49. The quantitative estimate of drug-likeness (QED) is 0.368. The first kappa shape index (κ1) is 21.2. The van der Waals surface area contributed by atoms with Crippen molar-refractivity contribution in [3.8, 4) is 0 Å². The molecule has 0 bridgehead atoms. The maximum Gasteiger partial charge on any atom is 0.191 e. The van der Waals surface area contributed by atoms with Crippen LogP contribution in [0.4, 0.5) is 0 Å². The van der Waals surface area contributed by atoms with Gasteiger partial charge in [-0.05, 0) is 50.8 Å². The summed E-state index contributed by atoms with van der Waals surface area (Å²) in [5.74, 6) is 1.55. The van der Waals surface area contributed by atoms with Gasteiger partial charge in [0, 0.05) is 26.2 Å². The Bertz CT molecular complexity index is 458. The van der Waals surface area contributed by atoms with Gasteiger partial charge in [-0.2, -0.15) is 0 Å². The summed E-state index contributed by atoms with van der Waals surface area (Å²) < 4.78 is 0. The molecule has 0 aromatic heterocycles. The topological polar surface area (TPSA) is 39.7 Å². The van der Waals surface area contributed by atoms with Crippen LogP contribution in [0, 0.1) is 5.92 Å². The Morgan fingerprint density at radius 2 is 1.88 bits per heavy atom. The number of nitrogens with zero attached hydrogens (tertiary/aromatic N) is 2. The van der Waals surface area contributed by atoms with Crippen LogP contribution in [-0.4, -0.2) is 50.1 Å². The molecule has 1 aliphatic heterocycles. The van der Waals surface area contributed by atoms with E-state index in [2.05, 4.69) is 59.7 Å². The van der Waals surface area contributed by atoms with Gasteiger partial charge in [0.25, 0.3) is 0 Å². The molecule has 0 amide bonds. The number of benzene rings is 1. The number of rotatable bonds is 8. The highest BCUT2D eigenvalue weighted by atomic mass is 127. The molecule has 1 aromatic carbocycles. The lowest BCUT2D eigenvalue weighted by Gasteiger charge is -2.19. The number of aliphatic imine (C=N–C) groups is 1. The van der Waals surface area contributed by atoms with Crippen LogP contribution >= 0.6 is 24.0 Å².